The van der Waals surface area contributed by atoms with Gasteiger partial charge in [-0.2, -0.15) is 0 Å². The molecule has 1 aliphatic carbocycles. The molecule has 0 bridgehead atoms. The zero-order valence-electron chi connectivity index (χ0n) is 12.3. The van der Waals surface area contributed by atoms with E-state index in [0.717, 1.165) is 38.8 Å². The van der Waals surface area contributed by atoms with Crippen LogP contribution < -0.4 is 5.32 Å². The van der Waals surface area contributed by atoms with E-state index < -0.39 is 9.84 Å². The zero-order valence-corrected chi connectivity index (χ0v) is 13.1. The van der Waals surface area contributed by atoms with Crippen LogP contribution in [0.4, 0.5) is 0 Å². The molecule has 0 aromatic rings. The van der Waals surface area contributed by atoms with Crippen LogP contribution in [0, 0.1) is 5.92 Å². The molecule has 0 amide bonds. The first kappa shape index (κ1) is 15.3. The molecule has 1 heterocycles. The molecule has 5 heteroatoms. The minimum atomic E-state index is -3.00. The third-order valence-corrected chi connectivity index (χ3v) is 6.57. The molecule has 2 aliphatic rings. The van der Waals surface area contributed by atoms with Gasteiger partial charge in [-0.05, 0) is 51.5 Å². The molecule has 1 aliphatic heterocycles. The van der Waals surface area contributed by atoms with Gasteiger partial charge >= 0.3 is 0 Å². The van der Waals surface area contributed by atoms with E-state index in [4.69, 9.17) is 4.74 Å². The fourth-order valence-electron chi connectivity index (χ4n) is 3.51. The third-order valence-electron chi connectivity index (χ3n) is 4.92. The summed E-state index contributed by atoms with van der Waals surface area (Å²) in [5, 5.41) is 3.08. The topological polar surface area (TPSA) is 55.4 Å². The van der Waals surface area contributed by atoms with Crippen molar-refractivity contribution in [3.63, 3.8) is 0 Å². The lowest BCUT2D eigenvalue weighted by molar-refractivity contribution is -0.147. The minimum absolute atomic E-state index is 0.0568. The molecule has 112 valence electrons. The first-order valence-corrected chi connectivity index (χ1v) is 9.40. The van der Waals surface area contributed by atoms with E-state index in [1.807, 2.05) is 13.8 Å². The van der Waals surface area contributed by atoms with E-state index >= 15 is 0 Å². The summed E-state index contributed by atoms with van der Waals surface area (Å²) in [6.45, 7) is 5.48. The number of hydrogen-bond donors (Lipinski definition) is 1. The summed E-state index contributed by atoms with van der Waals surface area (Å²) in [5.74, 6) is 0.415. The van der Waals surface area contributed by atoms with Gasteiger partial charge in [0, 0.05) is 18.9 Å². The maximum atomic E-state index is 11.9. The smallest absolute Gasteiger partial charge is 0.151 e. The molecule has 4 nitrogen and oxygen atoms in total. The van der Waals surface area contributed by atoms with Crippen molar-refractivity contribution >= 4 is 9.84 Å². The monoisotopic (exact) mass is 289 g/mol. The van der Waals surface area contributed by atoms with Crippen LogP contribution in [-0.4, -0.2) is 44.7 Å². The highest BCUT2D eigenvalue weighted by Gasteiger charge is 2.45. The van der Waals surface area contributed by atoms with Gasteiger partial charge in [0.1, 0.15) is 0 Å². The van der Waals surface area contributed by atoms with Gasteiger partial charge < -0.3 is 10.1 Å². The summed E-state index contributed by atoms with van der Waals surface area (Å²) < 4.78 is 29.7. The summed E-state index contributed by atoms with van der Waals surface area (Å²) in [6.07, 6.45) is 6.88. The van der Waals surface area contributed by atoms with Crippen LogP contribution in [0.5, 0.6) is 0 Å². The normalized spacial score (nSPS) is 29.7. The molecule has 0 aromatic heterocycles. The Hall–Kier alpha value is -0.130. The van der Waals surface area contributed by atoms with Gasteiger partial charge in [0.05, 0.1) is 10.9 Å². The Morgan fingerprint density at radius 3 is 2.58 bits per heavy atom. The molecule has 0 radical (unpaired) electrons. The SMILES string of the molecule is CCNC(C1CCOC2(CCC2)C1)C(C)S(C)(=O)=O. The first-order valence-electron chi connectivity index (χ1n) is 7.44. The Morgan fingerprint density at radius 2 is 2.11 bits per heavy atom. The van der Waals surface area contributed by atoms with Gasteiger partial charge in [-0.3, -0.25) is 0 Å². The van der Waals surface area contributed by atoms with Gasteiger partial charge in [0.25, 0.3) is 0 Å². The van der Waals surface area contributed by atoms with Crippen LogP contribution in [0.15, 0.2) is 0 Å². The highest BCUT2D eigenvalue weighted by molar-refractivity contribution is 7.91. The molecule has 1 N–H and O–H groups in total. The number of nitrogens with one attached hydrogen (secondary N) is 1. The van der Waals surface area contributed by atoms with Gasteiger partial charge in [-0.25, -0.2) is 8.42 Å². The molecule has 19 heavy (non-hydrogen) atoms. The number of hydrogen-bond acceptors (Lipinski definition) is 4. The second kappa shape index (κ2) is 5.70. The number of sulfone groups is 1. The average molecular weight is 289 g/mol. The standard InChI is InChI=1S/C14H27NO3S/c1-4-15-13(11(2)19(3,16)17)12-6-9-18-14(10-12)7-5-8-14/h11-13,15H,4-10H2,1-3H3. The van der Waals surface area contributed by atoms with Crippen molar-refractivity contribution in [1.29, 1.82) is 0 Å². The highest BCUT2D eigenvalue weighted by atomic mass is 32.2. The average Bonchev–Trinajstić information content (AvgIpc) is 2.32. The maximum Gasteiger partial charge on any atom is 0.151 e. The molecular weight excluding hydrogens is 262 g/mol. The van der Waals surface area contributed by atoms with Crippen molar-refractivity contribution in [2.45, 2.75) is 62.8 Å². The Balaban J connectivity index is 2.10. The predicted molar refractivity (Wildman–Crippen MR) is 77.0 cm³/mol. The molecule has 1 spiro atoms. The maximum absolute atomic E-state index is 11.9. The van der Waals surface area contributed by atoms with Crippen LogP contribution in [0.3, 0.4) is 0 Å². The van der Waals surface area contributed by atoms with Crippen LogP contribution in [0.2, 0.25) is 0 Å². The fourth-order valence-corrected chi connectivity index (χ4v) is 4.36. The summed E-state index contributed by atoms with van der Waals surface area (Å²) in [4.78, 5) is 0. The molecule has 0 aromatic carbocycles. The van der Waals surface area contributed by atoms with Crippen LogP contribution in [0.25, 0.3) is 0 Å². The quantitative estimate of drug-likeness (QED) is 0.838. The highest BCUT2D eigenvalue weighted by Crippen LogP contribution is 2.45. The van der Waals surface area contributed by atoms with Crippen molar-refractivity contribution in [1.82, 2.24) is 5.32 Å². The summed E-state index contributed by atoms with van der Waals surface area (Å²) in [6, 6.07) is 0.0568. The Kier molecular flexibility index (Phi) is 4.58. The summed E-state index contributed by atoms with van der Waals surface area (Å²) in [5.41, 5.74) is 0.0772. The predicted octanol–water partition coefficient (Wildman–Crippen LogP) is 1.75. The lowest BCUT2D eigenvalue weighted by Gasteiger charge is -2.49. The molecule has 1 saturated heterocycles. The van der Waals surface area contributed by atoms with Crippen LogP contribution >= 0.6 is 0 Å². The second-order valence-electron chi connectivity index (χ2n) is 6.26. The minimum Gasteiger partial charge on any atom is -0.375 e. The number of rotatable bonds is 5. The van der Waals surface area contributed by atoms with Gasteiger partial charge in [-0.15, -0.1) is 0 Å². The van der Waals surface area contributed by atoms with E-state index in [9.17, 15) is 8.42 Å². The van der Waals surface area contributed by atoms with Gasteiger partial charge in [0.2, 0.25) is 0 Å². The summed E-state index contributed by atoms with van der Waals surface area (Å²) in [7, 11) is -3.00. The fraction of sp³-hybridized carbons (Fsp3) is 1.00. The zero-order chi connectivity index (χ0) is 14.1. The largest absolute Gasteiger partial charge is 0.375 e. The Morgan fingerprint density at radius 1 is 1.42 bits per heavy atom. The van der Waals surface area contributed by atoms with E-state index in [0.29, 0.717) is 5.92 Å². The molecule has 2 fully saturated rings. The third kappa shape index (κ3) is 3.31. The van der Waals surface area contributed by atoms with Gasteiger partial charge in [-0.1, -0.05) is 6.92 Å². The first-order chi connectivity index (χ1) is 8.88. The van der Waals surface area contributed by atoms with E-state index in [2.05, 4.69) is 5.32 Å². The Labute approximate surface area is 117 Å². The van der Waals surface area contributed by atoms with Crippen molar-refractivity contribution in [2.24, 2.45) is 5.92 Å². The van der Waals surface area contributed by atoms with Crippen molar-refractivity contribution < 1.29 is 13.2 Å². The molecule has 3 unspecified atom stereocenters. The molecular formula is C14H27NO3S. The molecule has 1 saturated carbocycles. The second-order valence-corrected chi connectivity index (χ2v) is 8.66. The molecule has 2 rings (SSSR count). The van der Waals surface area contributed by atoms with Crippen LogP contribution in [0.1, 0.15) is 46.0 Å². The lowest BCUT2D eigenvalue weighted by Crippen LogP contribution is -2.54. The number of ether oxygens (including phenoxy) is 1. The van der Waals surface area contributed by atoms with E-state index in [1.54, 1.807) is 0 Å². The lowest BCUT2D eigenvalue weighted by atomic mass is 9.70. The van der Waals surface area contributed by atoms with E-state index in [1.165, 1.54) is 12.7 Å². The Bertz CT molecular complexity index is 403. The van der Waals surface area contributed by atoms with Crippen molar-refractivity contribution in [3.8, 4) is 0 Å². The van der Waals surface area contributed by atoms with Gasteiger partial charge in [0.15, 0.2) is 9.84 Å². The van der Waals surface area contributed by atoms with Crippen molar-refractivity contribution in [2.75, 3.05) is 19.4 Å². The summed E-state index contributed by atoms with van der Waals surface area (Å²) >= 11 is 0. The van der Waals surface area contributed by atoms with E-state index in [-0.39, 0.29) is 16.9 Å². The van der Waals surface area contributed by atoms with Crippen LogP contribution in [-0.2, 0) is 14.6 Å². The molecule has 3 atom stereocenters. The van der Waals surface area contributed by atoms with Crippen molar-refractivity contribution in [3.05, 3.63) is 0 Å².